The van der Waals surface area contributed by atoms with E-state index in [1.807, 2.05) is 0 Å². The summed E-state index contributed by atoms with van der Waals surface area (Å²) in [6, 6.07) is 0. The number of H-pyrrole nitrogens is 1. The average Bonchev–Trinajstić information content (AvgIpc) is 3.10. The van der Waals surface area contributed by atoms with Gasteiger partial charge in [0.05, 0.1) is 12.3 Å². The zero-order valence-corrected chi connectivity index (χ0v) is 13.2. The van der Waals surface area contributed by atoms with Crippen molar-refractivity contribution in [1.82, 2.24) is 20.2 Å². The molecule has 0 aromatic carbocycles. The molecule has 120 valence electrons. The molecular weight excluding hydrogens is 292 g/mol. The Hall–Kier alpha value is -0.960. The van der Waals surface area contributed by atoms with Gasteiger partial charge >= 0.3 is 0 Å². The molecule has 0 amide bonds. The molecule has 1 aromatic rings. The Kier molecular flexibility index (Phi) is 6.16. The largest absolute Gasteiger partial charge is 0.378 e. The van der Waals surface area contributed by atoms with Crippen molar-refractivity contribution >= 4 is 10.0 Å². The van der Waals surface area contributed by atoms with E-state index in [0.717, 1.165) is 32.4 Å². The van der Waals surface area contributed by atoms with Gasteiger partial charge in [0.15, 0.2) is 5.03 Å². The van der Waals surface area contributed by atoms with Crippen molar-refractivity contribution in [3.05, 3.63) is 11.8 Å². The van der Waals surface area contributed by atoms with Crippen LogP contribution in [0.25, 0.3) is 0 Å². The molecule has 0 saturated carbocycles. The average molecular weight is 316 g/mol. The Morgan fingerprint density at radius 3 is 3.05 bits per heavy atom. The van der Waals surface area contributed by atoms with Crippen molar-refractivity contribution in [2.75, 3.05) is 19.7 Å². The van der Waals surface area contributed by atoms with Gasteiger partial charge in [-0.3, -0.25) is 5.10 Å². The van der Waals surface area contributed by atoms with Crippen LogP contribution in [-0.4, -0.2) is 44.4 Å². The minimum absolute atomic E-state index is 0.151. The molecule has 21 heavy (non-hydrogen) atoms. The topological polar surface area (TPSA) is 96.1 Å². The van der Waals surface area contributed by atoms with E-state index >= 15 is 0 Å². The van der Waals surface area contributed by atoms with Gasteiger partial charge in [-0.1, -0.05) is 6.92 Å². The SMILES string of the molecule is CCCNCc1cn[nH]c1S(=O)(=O)NCCC1CCCO1. The fourth-order valence-electron chi connectivity index (χ4n) is 2.36. The van der Waals surface area contributed by atoms with Crippen LogP contribution in [0.15, 0.2) is 11.2 Å². The fourth-order valence-corrected chi connectivity index (χ4v) is 3.53. The fraction of sp³-hybridized carbons (Fsp3) is 0.769. The van der Waals surface area contributed by atoms with E-state index in [9.17, 15) is 8.42 Å². The Morgan fingerprint density at radius 1 is 1.48 bits per heavy atom. The molecule has 2 rings (SSSR count). The van der Waals surface area contributed by atoms with Crippen LogP contribution in [0.1, 0.15) is 38.2 Å². The third-order valence-electron chi connectivity index (χ3n) is 3.47. The Labute approximate surface area is 125 Å². The number of ether oxygens (including phenoxy) is 1. The second kappa shape index (κ2) is 7.88. The zero-order chi connectivity index (χ0) is 15.1. The number of nitrogens with one attached hydrogen (secondary N) is 3. The Bertz CT molecular complexity index is 523. The molecule has 1 aromatic heterocycles. The van der Waals surface area contributed by atoms with Gasteiger partial charge in [0.1, 0.15) is 0 Å². The summed E-state index contributed by atoms with van der Waals surface area (Å²) in [6.07, 6.45) is 5.51. The summed E-state index contributed by atoms with van der Waals surface area (Å²) in [4.78, 5) is 0. The highest BCUT2D eigenvalue weighted by molar-refractivity contribution is 7.89. The summed E-state index contributed by atoms with van der Waals surface area (Å²) in [5.41, 5.74) is 0.660. The number of sulfonamides is 1. The van der Waals surface area contributed by atoms with Crippen molar-refractivity contribution in [1.29, 1.82) is 0 Å². The lowest BCUT2D eigenvalue weighted by Crippen LogP contribution is -2.28. The molecule has 1 aliphatic rings. The highest BCUT2D eigenvalue weighted by Crippen LogP contribution is 2.15. The van der Waals surface area contributed by atoms with E-state index in [2.05, 4.69) is 27.2 Å². The van der Waals surface area contributed by atoms with E-state index in [4.69, 9.17) is 4.74 Å². The van der Waals surface area contributed by atoms with Crippen LogP contribution in [0.2, 0.25) is 0 Å². The van der Waals surface area contributed by atoms with Crippen molar-refractivity contribution < 1.29 is 13.2 Å². The minimum Gasteiger partial charge on any atom is -0.378 e. The van der Waals surface area contributed by atoms with E-state index in [1.165, 1.54) is 0 Å². The normalized spacial score (nSPS) is 19.2. The molecule has 1 atom stereocenters. The number of aromatic amines is 1. The first kappa shape index (κ1) is 16.4. The third-order valence-corrected chi connectivity index (χ3v) is 4.95. The summed E-state index contributed by atoms with van der Waals surface area (Å²) >= 11 is 0. The molecule has 3 N–H and O–H groups in total. The monoisotopic (exact) mass is 316 g/mol. The molecule has 0 bridgehead atoms. The lowest BCUT2D eigenvalue weighted by atomic mass is 10.2. The van der Waals surface area contributed by atoms with Crippen molar-refractivity contribution in [2.45, 2.75) is 50.3 Å². The summed E-state index contributed by atoms with van der Waals surface area (Å²) in [6.45, 7) is 4.56. The number of nitrogens with zero attached hydrogens (tertiary/aromatic N) is 1. The summed E-state index contributed by atoms with van der Waals surface area (Å²) < 4.78 is 32.6. The third kappa shape index (κ3) is 4.77. The van der Waals surface area contributed by atoms with Gasteiger partial charge in [-0.05, 0) is 32.2 Å². The number of hydrogen-bond acceptors (Lipinski definition) is 5. The molecular formula is C13H24N4O3S. The number of aromatic nitrogens is 2. The van der Waals surface area contributed by atoms with Crippen LogP contribution < -0.4 is 10.0 Å². The predicted octanol–water partition coefficient (Wildman–Crippen LogP) is 0.757. The standard InChI is InChI=1S/C13H24N4O3S/c1-2-6-14-9-11-10-15-17-13(11)21(18,19)16-7-5-12-4-3-8-20-12/h10,12,14,16H,2-9H2,1H3,(H,15,17). The van der Waals surface area contributed by atoms with E-state index in [0.29, 0.717) is 25.1 Å². The first-order valence-electron chi connectivity index (χ1n) is 7.47. The molecule has 1 aliphatic heterocycles. The highest BCUT2D eigenvalue weighted by Gasteiger charge is 2.21. The van der Waals surface area contributed by atoms with Crippen LogP contribution in [0.4, 0.5) is 0 Å². The maximum Gasteiger partial charge on any atom is 0.257 e. The molecule has 1 unspecified atom stereocenters. The predicted molar refractivity (Wildman–Crippen MR) is 79.4 cm³/mol. The highest BCUT2D eigenvalue weighted by atomic mass is 32.2. The van der Waals surface area contributed by atoms with Gasteiger partial charge in [-0.25, -0.2) is 13.1 Å². The lowest BCUT2D eigenvalue weighted by Gasteiger charge is -2.11. The van der Waals surface area contributed by atoms with Crippen LogP contribution >= 0.6 is 0 Å². The van der Waals surface area contributed by atoms with E-state index in [-0.39, 0.29) is 11.1 Å². The zero-order valence-electron chi connectivity index (χ0n) is 12.4. The van der Waals surface area contributed by atoms with Gasteiger partial charge in [-0.15, -0.1) is 0 Å². The maximum atomic E-state index is 12.3. The van der Waals surface area contributed by atoms with Gasteiger partial charge in [0.2, 0.25) is 0 Å². The summed E-state index contributed by atoms with van der Waals surface area (Å²) in [7, 11) is -3.54. The smallest absolute Gasteiger partial charge is 0.257 e. The molecule has 0 spiro atoms. The molecule has 8 heteroatoms. The maximum absolute atomic E-state index is 12.3. The van der Waals surface area contributed by atoms with Crippen molar-refractivity contribution in [3.63, 3.8) is 0 Å². The molecule has 2 heterocycles. The van der Waals surface area contributed by atoms with Crippen LogP contribution in [0.3, 0.4) is 0 Å². The van der Waals surface area contributed by atoms with Crippen molar-refractivity contribution in [3.8, 4) is 0 Å². The molecule has 0 radical (unpaired) electrons. The van der Waals surface area contributed by atoms with Gasteiger partial charge in [-0.2, -0.15) is 5.10 Å². The summed E-state index contributed by atoms with van der Waals surface area (Å²) in [5, 5.41) is 9.75. The first-order chi connectivity index (χ1) is 10.1. The van der Waals surface area contributed by atoms with Gasteiger partial charge in [0, 0.05) is 25.3 Å². The molecule has 7 nitrogen and oxygen atoms in total. The first-order valence-corrected chi connectivity index (χ1v) is 8.96. The summed E-state index contributed by atoms with van der Waals surface area (Å²) in [5.74, 6) is 0. The van der Waals surface area contributed by atoms with Crippen LogP contribution in [0, 0.1) is 0 Å². The quantitative estimate of drug-likeness (QED) is 0.584. The van der Waals surface area contributed by atoms with Gasteiger partial charge in [0.25, 0.3) is 10.0 Å². The van der Waals surface area contributed by atoms with Crippen LogP contribution in [0.5, 0.6) is 0 Å². The van der Waals surface area contributed by atoms with E-state index < -0.39 is 10.0 Å². The molecule has 1 saturated heterocycles. The minimum atomic E-state index is -3.54. The Balaban J connectivity index is 1.87. The van der Waals surface area contributed by atoms with E-state index in [1.54, 1.807) is 6.20 Å². The number of hydrogen-bond donors (Lipinski definition) is 3. The van der Waals surface area contributed by atoms with Gasteiger partial charge < -0.3 is 10.1 Å². The van der Waals surface area contributed by atoms with Crippen LogP contribution in [-0.2, 0) is 21.3 Å². The lowest BCUT2D eigenvalue weighted by molar-refractivity contribution is 0.105. The molecule has 0 aliphatic carbocycles. The Morgan fingerprint density at radius 2 is 2.33 bits per heavy atom. The second-order valence-corrected chi connectivity index (χ2v) is 6.93. The number of rotatable bonds is 9. The van der Waals surface area contributed by atoms with Crippen molar-refractivity contribution in [2.24, 2.45) is 0 Å². The molecule has 1 fully saturated rings. The second-order valence-electron chi connectivity index (χ2n) is 5.22.